The fourth-order valence-electron chi connectivity index (χ4n) is 2.22. The van der Waals surface area contributed by atoms with E-state index in [0.29, 0.717) is 5.56 Å². The van der Waals surface area contributed by atoms with Crippen LogP contribution >= 0.6 is 0 Å². The van der Waals surface area contributed by atoms with E-state index in [9.17, 15) is 14.0 Å². The van der Waals surface area contributed by atoms with Crippen molar-refractivity contribution in [2.24, 2.45) is 5.10 Å². The lowest BCUT2D eigenvalue weighted by atomic mass is 10.2. The first-order valence-corrected chi connectivity index (χ1v) is 8.09. The number of hydrazone groups is 1. The average molecular weight is 382 g/mol. The lowest BCUT2D eigenvalue weighted by Gasteiger charge is -2.10. The molecule has 0 aliphatic rings. The smallest absolute Gasteiger partial charge is 0.343 e. The number of benzene rings is 2. The Labute approximate surface area is 159 Å². The third-order valence-corrected chi connectivity index (χ3v) is 3.59. The van der Waals surface area contributed by atoms with E-state index >= 15 is 0 Å². The molecule has 0 aliphatic heterocycles. The number of carbonyl (C=O) groups excluding carboxylic acids is 2. The van der Waals surface area contributed by atoms with Gasteiger partial charge in [0.1, 0.15) is 5.82 Å². The minimum absolute atomic E-state index is 0.137. The van der Waals surface area contributed by atoms with Crippen molar-refractivity contribution in [2.45, 2.75) is 0 Å². The number of hydrogen-bond donors (Lipinski definition) is 1. The van der Waals surface area contributed by atoms with Crippen LogP contribution in [-0.4, -0.2) is 25.2 Å². The van der Waals surface area contributed by atoms with Gasteiger partial charge in [-0.1, -0.05) is 0 Å². The lowest BCUT2D eigenvalue weighted by molar-refractivity contribution is 0.0729. The third kappa shape index (κ3) is 4.61. The summed E-state index contributed by atoms with van der Waals surface area (Å²) < 4.78 is 28.4. The minimum atomic E-state index is -0.648. The molecule has 1 aromatic heterocycles. The van der Waals surface area contributed by atoms with E-state index in [0.717, 1.165) is 0 Å². The number of rotatable bonds is 6. The highest BCUT2D eigenvalue weighted by atomic mass is 19.1. The van der Waals surface area contributed by atoms with E-state index in [1.807, 2.05) is 0 Å². The highest BCUT2D eigenvalue weighted by molar-refractivity contribution is 5.93. The molecule has 3 rings (SSSR count). The Morgan fingerprint density at radius 3 is 2.57 bits per heavy atom. The summed E-state index contributed by atoms with van der Waals surface area (Å²) in [5.74, 6) is -0.969. The van der Waals surface area contributed by atoms with Crippen molar-refractivity contribution in [1.29, 1.82) is 0 Å². The molecule has 3 aromatic rings. The maximum Gasteiger partial charge on any atom is 0.343 e. The van der Waals surface area contributed by atoms with E-state index in [2.05, 4.69) is 10.5 Å². The van der Waals surface area contributed by atoms with Gasteiger partial charge in [0.2, 0.25) is 0 Å². The molecule has 28 heavy (non-hydrogen) atoms. The van der Waals surface area contributed by atoms with Crippen molar-refractivity contribution >= 4 is 18.1 Å². The lowest BCUT2D eigenvalue weighted by Crippen LogP contribution is -2.16. The summed E-state index contributed by atoms with van der Waals surface area (Å²) in [6, 6.07) is 12.8. The van der Waals surface area contributed by atoms with Gasteiger partial charge < -0.3 is 13.9 Å². The van der Waals surface area contributed by atoms with E-state index in [1.54, 1.807) is 18.2 Å². The third-order valence-electron chi connectivity index (χ3n) is 3.59. The van der Waals surface area contributed by atoms with Gasteiger partial charge in [-0.2, -0.15) is 5.10 Å². The Hall–Kier alpha value is -3.94. The molecule has 1 N–H and O–H groups in total. The summed E-state index contributed by atoms with van der Waals surface area (Å²) in [7, 11) is 1.42. The predicted octanol–water partition coefficient (Wildman–Crippen LogP) is 3.41. The van der Waals surface area contributed by atoms with Gasteiger partial charge in [0.25, 0.3) is 0 Å². The molecule has 0 bridgehead atoms. The normalized spacial score (nSPS) is 10.6. The van der Waals surface area contributed by atoms with Gasteiger partial charge in [0.05, 0.1) is 25.2 Å². The summed E-state index contributed by atoms with van der Waals surface area (Å²) in [6.45, 7) is 0. The number of halogens is 1. The van der Waals surface area contributed by atoms with Crippen molar-refractivity contribution in [2.75, 3.05) is 7.11 Å². The topological polar surface area (TPSA) is 90.1 Å². The van der Waals surface area contributed by atoms with Crippen molar-refractivity contribution < 1.29 is 27.9 Å². The van der Waals surface area contributed by atoms with Crippen LogP contribution in [0.4, 0.5) is 4.39 Å². The Kier molecular flexibility index (Phi) is 5.81. The molecule has 142 valence electrons. The van der Waals surface area contributed by atoms with Crippen LogP contribution in [0.15, 0.2) is 70.4 Å². The number of furan rings is 1. The molecular weight excluding hydrogens is 367 g/mol. The Balaban J connectivity index is 1.67. The summed E-state index contributed by atoms with van der Waals surface area (Å²) in [5, 5.41) is 3.84. The molecule has 0 spiro atoms. The first-order valence-electron chi connectivity index (χ1n) is 8.09. The second kappa shape index (κ2) is 8.63. The molecule has 0 fully saturated rings. The Bertz CT molecular complexity index is 998. The molecule has 7 nitrogen and oxygen atoms in total. The molecule has 0 saturated heterocycles. The Morgan fingerprint density at radius 1 is 1.11 bits per heavy atom. The van der Waals surface area contributed by atoms with Gasteiger partial charge in [-0.15, -0.1) is 0 Å². The molecule has 1 amide bonds. The van der Waals surface area contributed by atoms with Gasteiger partial charge in [0.15, 0.2) is 17.3 Å². The maximum absolute atomic E-state index is 13.0. The van der Waals surface area contributed by atoms with Crippen molar-refractivity contribution in [3.05, 3.63) is 83.6 Å². The zero-order valence-corrected chi connectivity index (χ0v) is 14.7. The van der Waals surface area contributed by atoms with Crippen LogP contribution in [0.5, 0.6) is 11.5 Å². The number of carbonyl (C=O) groups is 2. The molecular formula is C20H15FN2O5. The molecule has 1 heterocycles. The molecule has 0 saturated carbocycles. The maximum atomic E-state index is 13.0. The van der Waals surface area contributed by atoms with Gasteiger partial charge in [-0.3, -0.25) is 4.79 Å². The minimum Gasteiger partial charge on any atom is -0.493 e. The van der Waals surface area contributed by atoms with Gasteiger partial charge >= 0.3 is 11.9 Å². The number of hydrogen-bond acceptors (Lipinski definition) is 6. The van der Waals surface area contributed by atoms with Crippen molar-refractivity contribution in [3.63, 3.8) is 0 Å². The summed E-state index contributed by atoms with van der Waals surface area (Å²) in [6.07, 6.45) is 2.78. The molecule has 0 atom stereocenters. The molecule has 0 unspecified atom stereocenters. The average Bonchev–Trinajstić information content (AvgIpc) is 3.24. The highest BCUT2D eigenvalue weighted by Crippen LogP contribution is 2.28. The first-order chi connectivity index (χ1) is 13.6. The zero-order chi connectivity index (χ0) is 19.9. The Morgan fingerprint density at radius 2 is 1.89 bits per heavy atom. The monoisotopic (exact) mass is 382 g/mol. The second-order valence-electron chi connectivity index (χ2n) is 5.48. The summed E-state index contributed by atoms with van der Waals surface area (Å²) in [5.41, 5.74) is 3.12. The number of methoxy groups -OCH3 is 1. The van der Waals surface area contributed by atoms with E-state index in [-0.39, 0.29) is 22.8 Å². The van der Waals surface area contributed by atoms with E-state index in [1.165, 1.54) is 56.0 Å². The number of nitrogens with zero attached hydrogens (tertiary/aromatic N) is 1. The van der Waals surface area contributed by atoms with Crippen LogP contribution in [0.3, 0.4) is 0 Å². The second-order valence-corrected chi connectivity index (χ2v) is 5.48. The zero-order valence-electron chi connectivity index (χ0n) is 14.7. The SMILES string of the molecule is COc1cc(/C=N\NC(=O)c2ccco2)ccc1OC(=O)c1ccc(F)cc1. The fourth-order valence-corrected chi connectivity index (χ4v) is 2.22. The van der Waals surface area contributed by atoms with Gasteiger partial charge in [-0.25, -0.2) is 14.6 Å². The number of esters is 1. The van der Waals surface area contributed by atoms with Crippen molar-refractivity contribution in [1.82, 2.24) is 5.43 Å². The van der Waals surface area contributed by atoms with E-state index in [4.69, 9.17) is 13.9 Å². The highest BCUT2D eigenvalue weighted by Gasteiger charge is 2.13. The first kappa shape index (κ1) is 18.8. The standard InChI is InChI=1S/C20H15FN2O5/c1-26-18-11-13(12-22-23-19(24)17-3-2-10-27-17)4-9-16(18)28-20(25)14-5-7-15(21)8-6-14/h2-12H,1H3,(H,23,24)/b22-12-. The molecule has 2 aromatic carbocycles. The van der Waals surface area contributed by atoms with Crippen LogP contribution < -0.4 is 14.9 Å². The molecule has 0 aliphatic carbocycles. The van der Waals surface area contributed by atoms with Gasteiger partial charge in [-0.05, 0) is 60.2 Å². The van der Waals surface area contributed by atoms with Crippen molar-refractivity contribution in [3.8, 4) is 11.5 Å². The van der Waals surface area contributed by atoms with Crippen LogP contribution in [-0.2, 0) is 0 Å². The fraction of sp³-hybridized carbons (Fsp3) is 0.0500. The van der Waals surface area contributed by atoms with Crippen LogP contribution in [0.25, 0.3) is 0 Å². The van der Waals surface area contributed by atoms with Crippen LogP contribution in [0, 0.1) is 5.82 Å². The van der Waals surface area contributed by atoms with Crippen LogP contribution in [0.1, 0.15) is 26.5 Å². The predicted molar refractivity (Wildman–Crippen MR) is 98.1 cm³/mol. The summed E-state index contributed by atoms with van der Waals surface area (Å²) >= 11 is 0. The molecule has 8 heteroatoms. The number of amides is 1. The number of ether oxygens (including phenoxy) is 2. The van der Waals surface area contributed by atoms with Crippen LogP contribution in [0.2, 0.25) is 0 Å². The largest absolute Gasteiger partial charge is 0.493 e. The molecule has 0 radical (unpaired) electrons. The quantitative estimate of drug-likeness (QED) is 0.305. The number of nitrogens with one attached hydrogen (secondary N) is 1. The van der Waals surface area contributed by atoms with E-state index < -0.39 is 17.7 Å². The summed E-state index contributed by atoms with van der Waals surface area (Å²) in [4.78, 5) is 23.9. The van der Waals surface area contributed by atoms with Gasteiger partial charge in [0, 0.05) is 0 Å².